The van der Waals surface area contributed by atoms with Gasteiger partial charge in [0.15, 0.2) is 0 Å². The first-order valence-corrected chi connectivity index (χ1v) is 4.25. The lowest BCUT2D eigenvalue weighted by Crippen LogP contribution is -1.96. The van der Waals surface area contributed by atoms with Crippen molar-refractivity contribution >= 4 is 28.3 Å². The normalized spacial score (nSPS) is 9.40. The van der Waals surface area contributed by atoms with Crippen molar-refractivity contribution in [3.05, 3.63) is 22.0 Å². The van der Waals surface area contributed by atoms with Crippen LogP contribution in [0, 0.1) is 3.57 Å². The van der Waals surface area contributed by atoms with Crippen molar-refractivity contribution in [2.24, 2.45) is 0 Å². The Bertz CT molecular complexity index is 213. The van der Waals surface area contributed by atoms with E-state index in [9.17, 15) is 0 Å². The molecule has 0 atom stereocenters. The second-order valence-corrected chi connectivity index (χ2v) is 3.17. The number of aromatic nitrogens is 1. The summed E-state index contributed by atoms with van der Waals surface area (Å²) in [5.41, 5.74) is 1.09. The van der Waals surface area contributed by atoms with Gasteiger partial charge in [-0.3, -0.25) is 4.98 Å². The third-order valence-corrected chi connectivity index (χ3v) is 1.68. The number of nitrogens with one attached hydrogen (secondary N) is 1. The van der Waals surface area contributed by atoms with E-state index in [0.717, 1.165) is 15.8 Å². The van der Waals surface area contributed by atoms with Gasteiger partial charge in [-0.15, -0.1) is 0 Å². The van der Waals surface area contributed by atoms with Crippen molar-refractivity contribution in [1.29, 1.82) is 0 Å². The number of anilines is 1. The lowest BCUT2D eigenvalue weighted by Gasteiger charge is -2.00. The predicted molar refractivity (Wildman–Crippen MR) is 51.1 cm³/mol. The summed E-state index contributed by atoms with van der Waals surface area (Å²) in [5.74, 6) is 0. The van der Waals surface area contributed by atoms with Crippen LogP contribution < -0.4 is 5.32 Å². The zero-order chi connectivity index (χ0) is 7.40. The van der Waals surface area contributed by atoms with Gasteiger partial charge in [-0.1, -0.05) is 0 Å². The molecule has 0 spiro atoms. The molecular formula is C7H9IN2. The van der Waals surface area contributed by atoms with Crippen LogP contribution in [0.15, 0.2) is 18.5 Å². The van der Waals surface area contributed by atoms with Gasteiger partial charge in [0.25, 0.3) is 0 Å². The number of hydrogen-bond acceptors (Lipinski definition) is 2. The summed E-state index contributed by atoms with van der Waals surface area (Å²) < 4.78 is 1.16. The first kappa shape index (κ1) is 7.78. The highest BCUT2D eigenvalue weighted by atomic mass is 127. The van der Waals surface area contributed by atoms with Crippen LogP contribution in [0.3, 0.4) is 0 Å². The minimum atomic E-state index is 0.946. The van der Waals surface area contributed by atoms with E-state index in [4.69, 9.17) is 0 Å². The summed E-state index contributed by atoms with van der Waals surface area (Å²) in [6.45, 7) is 3.02. The topological polar surface area (TPSA) is 24.9 Å². The molecule has 54 valence electrons. The average Bonchev–Trinajstić information content (AvgIpc) is 1.88. The number of halogens is 1. The van der Waals surface area contributed by atoms with Gasteiger partial charge in [-0.05, 0) is 35.6 Å². The van der Waals surface area contributed by atoms with Crippen LogP contribution >= 0.6 is 22.6 Å². The third-order valence-electron chi connectivity index (χ3n) is 1.09. The maximum Gasteiger partial charge on any atom is 0.0537 e. The first-order valence-electron chi connectivity index (χ1n) is 3.17. The molecule has 2 nitrogen and oxygen atoms in total. The van der Waals surface area contributed by atoms with Gasteiger partial charge < -0.3 is 5.32 Å². The zero-order valence-electron chi connectivity index (χ0n) is 5.76. The molecule has 0 bridgehead atoms. The molecule has 1 heterocycles. The zero-order valence-corrected chi connectivity index (χ0v) is 7.92. The Kier molecular flexibility index (Phi) is 2.92. The van der Waals surface area contributed by atoms with Gasteiger partial charge in [0.2, 0.25) is 0 Å². The molecule has 0 saturated carbocycles. The highest BCUT2D eigenvalue weighted by molar-refractivity contribution is 14.1. The summed E-state index contributed by atoms with van der Waals surface area (Å²) in [6, 6.07) is 2.07. The van der Waals surface area contributed by atoms with E-state index < -0.39 is 0 Å². The van der Waals surface area contributed by atoms with Gasteiger partial charge in [-0.25, -0.2) is 0 Å². The quantitative estimate of drug-likeness (QED) is 0.811. The second-order valence-electron chi connectivity index (χ2n) is 1.92. The van der Waals surface area contributed by atoms with Gasteiger partial charge in [-0.2, -0.15) is 0 Å². The molecule has 1 N–H and O–H groups in total. The molecule has 0 aliphatic carbocycles. The van der Waals surface area contributed by atoms with E-state index >= 15 is 0 Å². The molecule has 0 fully saturated rings. The molecule has 0 saturated heterocycles. The van der Waals surface area contributed by atoms with E-state index in [0.29, 0.717) is 0 Å². The maximum absolute atomic E-state index is 4.03. The van der Waals surface area contributed by atoms with Gasteiger partial charge >= 0.3 is 0 Å². The molecule has 1 aromatic heterocycles. The van der Waals surface area contributed by atoms with Gasteiger partial charge in [0.1, 0.15) is 0 Å². The van der Waals surface area contributed by atoms with E-state index in [2.05, 4.69) is 45.9 Å². The van der Waals surface area contributed by atoms with E-state index in [-0.39, 0.29) is 0 Å². The van der Waals surface area contributed by atoms with Gasteiger partial charge in [0.05, 0.1) is 11.9 Å². The molecule has 1 aromatic rings. The van der Waals surface area contributed by atoms with Crippen molar-refractivity contribution in [2.45, 2.75) is 6.92 Å². The van der Waals surface area contributed by atoms with E-state index in [1.54, 1.807) is 0 Å². The molecule has 10 heavy (non-hydrogen) atoms. The first-order chi connectivity index (χ1) is 4.83. The fourth-order valence-electron chi connectivity index (χ4n) is 0.713. The van der Waals surface area contributed by atoms with E-state index in [1.165, 1.54) is 0 Å². The van der Waals surface area contributed by atoms with Crippen LogP contribution in [0.25, 0.3) is 0 Å². The number of pyridine rings is 1. The number of rotatable bonds is 2. The minimum absolute atomic E-state index is 0.946. The Morgan fingerprint density at radius 3 is 3.00 bits per heavy atom. The summed E-state index contributed by atoms with van der Waals surface area (Å²) in [7, 11) is 0. The van der Waals surface area contributed by atoms with Crippen molar-refractivity contribution in [2.75, 3.05) is 11.9 Å². The highest BCUT2D eigenvalue weighted by Crippen LogP contribution is 2.09. The predicted octanol–water partition coefficient (Wildman–Crippen LogP) is 2.12. The molecule has 0 amide bonds. The molecule has 0 unspecified atom stereocenters. The maximum atomic E-state index is 4.03. The highest BCUT2D eigenvalue weighted by Gasteiger charge is 1.89. The standard InChI is InChI=1S/C7H9IN2/c1-2-10-7-3-6(8)4-9-5-7/h3-5,10H,2H2,1H3. The van der Waals surface area contributed by atoms with Crippen LogP contribution in [-0.2, 0) is 0 Å². The summed E-state index contributed by atoms with van der Waals surface area (Å²) in [6.07, 6.45) is 3.66. The Morgan fingerprint density at radius 2 is 2.40 bits per heavy atom. The molecule has 1 rings (SSSR count). The minimum Gasteiger partial charge on any atom is -0.384 e. The average molecular weight is 248 g/mol. The smallest absolute Gasteiger partial charge is 0.0537 e. The second kappa shape index (κ2) is 3.75. The summed E-state index contributed by atoms with van der Waals surface area (Å²) in [5, 5.41) is 3.18. The van der Waals surface area contributed by atoms with Crippen molar-refractivity contribution in [3.8, 4) is 0 Å². The van der Waals surface area contributed by atoms with Crippen LogP contribution in [-0.4, -0.2) is 11.5 Å². The van der Waals surface area contributed by atoms with Crippen molar-refractivity contribution < 1.29 is 0 Å². The third kappa shape index (κ3) is 2.13. The fourth-order valence-corrected chi connectivity index (χ4v) is 1.21. The SMILES string of the molecule is CCNc1cncc(I)c1. The summed E-state index contributed by atoms with van der Waals surface area (Å²) in [4.78, 5) is 4.03. The molecule has 0 aliphatic heterocycles. The van der Waals surface area contributed by atoms with Gasteiger partial charge in [0, 0.05) is 16.3 Å². The molecular weight excluding hydrogens is 239 g/mol. The number of hydrogen-bond donors (Lipinski definition) is 1. The van der Waals surface area contributed by atoms with Crippen LogP contribution in [0.2, 0.25) is 0 Å². The lowest BCUT2D eigenvalue weighted by molar-refractivity contribution is 1.19. The molecule has 0 aliphatic rings. The van der Waals surface area contributed by atoms with Crippen molar-refractivity contribution in [1.82, 2.24) is 4.98 Å². The number of nitrogens with zero attached hydrogens (tertiary/aromatic N) is 1. The van der Waals surface area contributed by atoms with Crippen LogP contribution in [0.4, 0.5) is 5.69 Å². The molecule has 0 aromatic carbocycles. The Hall–Kier alpha value is -0.320. The Labute approximate surface area is 74.2 Å². The lowest BCUT2D eigenvalue weighted by atomic mass is 10.4. The Balaban J connectivity index is 2.75. The Morgan fingerprint density at radius 1 is 1.60 bits per heavy atom. The van der Waals surface area contributed by atoms with Crippen LogP contribution in [0.1, 0.15) is 6.92 Å². The van der Waals surface area contributed by atoms with E-state index in [1.807, 2.05) is 12.4 Å². The van der Waals surface area contributed by atoms with Crippen LogP contribution in [0.5, 0.6) is 0 Å². The molecule has 0 radical (unpaired) electrons. The van der Waals surface area contributed by atoms with Crippen molar-refractivity contribution in [3.63, 3.8) is 0 Å². The molecule has 3 heteroatoms. The monoisotopic (exact) mass is 248 g/mol. The largest absolute Gasteiger partial charge is 0.384 e. The fraction of sp³-hybridized carbons (Fsp3) is 0.286. The summed E-state index contributed by atoms with van der Waals surface area (Å²) >= 11 is 2.24.